The van der Waals surface area contributed by atoms with E-state index < -0.39 is 11.7 Å². The van der Waals surface area contributed by atoms with Gasteiger partial charge >= 0.3 is 6.09 Å². The first kappa shape index (κ1) is 15.4. The number of rotatable bonds is 6. The molecule has 0 rings (SSSR count). The quantitative estimate of drug-likeness (QED) is 0.332. The standard InChI is InChI=1S/C11H20N2O4/c1-11(2,3)17-10(15)13-9(12)6-4-5-7-16-8-14/h8H,4-7H2,1-3H3,(H2,12,13,15). The molecule has 0 bridgehead atoms. The molecule has 0 aromatic heterocycles. The lowest BCUT2D eigenvalue weighted by Crippen LogP contribution is -2.24. The number of unbranched alkanes of at least 4 members (excludes halogenated alkanes) is 1. The van der Waals surface area contributed by atoms with Crippen molar-refractivity contribution in [1.29, 1.82) is 0 Å². The van der Waals surface area contributed by atoms with Gasteiger partial charge in [0.05, 0.1) is 6.61 Å². The van der Waals surface area contributed by atoms with Crippen LogP contribution in [-0.4, -0.2) is 30.6 Å². The first-order valence-corrected chi connectivity index (χ1v) is 5.46. The van der Waals surface area contributed by atoms with Gasteiger partial charge in [0.15, 0.2) is 0 Å². The fourth-order valence-electron chi connectivity index (χ4n) is 0.998. The van der Waals surface area contributed by atoms with Gasteiger partial charge in [0.1, 0.15) is 11.4 Å². The van der Waals surface area contributed by atoms with Crippen LogP contribution in [0, 0.1) is 0 Å². The van der Waals surface area contributed by atoms with Gasteiger partial charge in [0.2, 0.25) is 0 Å². The number of nitrogens with two attached hydrogens (primary N) is 1. The van der Waals surface area contributed by atoms with E-state index in [-0.39, 0.29) is 5.84 Å². The molecule has 0 fully saturated rings. The Morgan fingerprint density at radius 2 is 2.00 bits per heavy atom. The Morgan fingerprint density at radius 1 is 1.35 bits per heavy atom. The largest absolute Gasteiger partial charge is 0.468 e. The summed E-state index contributed by atoms with van der Waals surface area (Å²) < 4.78 is 9.49. The van der Waals surface area contributed by atoms with E-state index in [1.54, 1.807) is 20.8 Å². The minimum absolute atomic E-state index is 0.227. The number of carbonyl (C=O) groups excluding carboxylic acids is 2. The average Bonchev–Trinajstić information content (AvgIpc) is 2.14. The lowest BCUT2D eigenvalue weighted by atomic mass is 10.2. The molecule has 6 nitrogen and oxygen atoms in total. The van der Waals surface area contributed by atoms with Crippen molar-refractivity contribution in [2.75, 3.05) is 6.61 Å². The monoisotopic (exact) mass is 244 g/mol. The van der Waals surface area contributed by atoms with Crippen LogP contribution in [0.3, 0.4) is 0 Å². The Bertz CT molecular complexity index is 282. The van der Waals surface area contributed by atoms with Gasteiger partial charge in [0.25, 0.3) is 6.47 Å². The molecule has 0 aromatic rings. The van der Waals surface area contributed by atoms with Gasteiger partial charge in [-0.25, -0.2) is 4.79 Å². The van der Waals surface area contributed by atoms with Crippen molar-refractivity contribution in [2.24, 2.45) is 10.7 Å². The highest BCUT2D eigenvalue weighted by Gasteiger charge is 2.15. The van der Waals surface area contributed by atoms with Gasteiger partial charge in [-0.15, -0.1) is 0 Å². The van der Waals surface area contributed by atoms with E-state index in [0.29, 0.717) is 32.3 Å². The van der Waals surface area contributed by atoms with Crippen molar-refractivity contribution in [3.8, 4) is 0 Å². The van der Waals surface area contributed by atoms with E-state index >= 15 is 0 Å². The van der Waals surface area contributed by atoms with E-state index in [1.165, 1.54) is 0 Å². The molecule has 0 saturated heterocycles. The predicted molar refractivity (Wildman–Crippen MR) is 63.7 cm³/mol. The highest BCUT2D eigenvalue weighted by atomic mass is 16.6. The molecular formula is C11H20N2O4. The lowest BCUT2D eigenvalue weighted by molar-refractivity contribution is -0.128. The molecule has 1 amide bonds. The van der Waals surface area contributed by atoms with Crippen LogP contribution in [0.5, 0.6) is 0 Å². The van der Waals surface area contributed by atoms with Crippen LogP contribution in [0.15, 0.2) is 4.99 Å². The summed E-state index contributed by atoms with van der Waals surface area (Å²) in [5.74, 6) is 0.227. The van der Waals surface area contributed by atoms with Crippen LogP contribution in [-0.2, 0) is 14.3 Å². The summed E-state index contributed by atoms with van der Waals surface area (Å²) in [5, 5.41) is 0. The van der Waals surface area contributed by atoms with E-state index in [0.717, 1.165) is 0 Å². The van der Waals surface area contributed by atoms with Crippen molar-refractivity contribution in [3.63, 3.8) is 0 Å². The average molecular weight is 244 g/mol. The Labute approximate surface area is 101 Å². The van der Waals surface area contributed by atoms with Crippen molar-refractivity contribution in [3.05, 3.63) is 0 Å². The minimum Gasteiger partial charge on any atom is -0.468 e. The summed E-state index contributed by atoms with van der Waals surface area (Å²) in [5.41, 5.74) is 4.98. The molecule has 0 saturated carbocycles. The summed E-state index contributed by atoms with van der Waals surface area (Å²) in [6.07, 6.45) is 1.18. The molecule has 0 unspecified atom stereocenters. The van der Waals surface area contributed by atoms with Crippen LogP contribution in [0.25, 0.3) is 0 Å². The van der Waals surface area contributed by atoms with Gasteiger partial charge < -0.3 is 15.2 Å². The maximum absolute atomic E-state index is 11.2. The zero-order valence-corrected chi connectivity index (χ0v) is 10.6. The molecule has 0 aromatic carbocycles. The van der Waals surface area contributed by atoms with Crippen molar-refractivity contribution < 1.29 is 19.1 Å². The number of amidine groups is 1. The summed E-state index contributed by atoms with van der Waals surface area (Å²) in [7, 11) is 0. The molecule has 0 aliphatic carbocycles. The fraction of sp³-hybridized carbons (Fsp3) is 0.727. The Kier molecular flexibility index (Phi) is 6.93. The number of hydrogen-bond acceptors (Lipinski definition) is 4. The first-order valence-electron chi connectivity index (χ1n) is 5.46. The normalized spacial score (nSPS) is 12.1. The molecule has 98 valence electrons. The second-order valence-electron chi connectivity index (χ2n) is 4.51. The van der Waals surface area contributed by atoms with Crippen LogP contribution >= 0.6 is 0 Å². The highest BCUT2D eigenvalue weighted by Crippen LogP contribution is 2.08. The molecule has 6 heteroatoms. The zero-order valence-electron chi connectivity index (χ0n) is 10.6. The third-order valence-corrected chi connectivity index (χ3v) is 1.64. The maximum Gasteiger partial charge on any atom is 0.435 e. The summed E-state index contributed by atoms with van der Waals surface area (Å²) in [6.45, 7) is 6.02. The van der Waals surface area contributed by atoms with Gasteiger partial charge in [0, 0.05) is 6.42 Å². The molecule has 0 atom stereocenters. The number of ether oxygens (including phenoxy) is 2. The SMILES string of the molecule is CC(C)(C)OC(=O)N=C(N)CCCCOC=O. The topological polar surface area (TPSA) is 91.0 Å². The predicted octanol–water partition coefficient (Wildman–Crippen LogP) is 1.62. The molecular weight excluding hydrogens is 224 g/mol. The summed E-state index contributed by atoms with van der Waals surface area (Å²) in [4.78, 5) is 24.7. The third-order valence-electron chi connectivity index (χ3n) is 1.64. The highest BCUT2D eigenvalue weighted by molar-refractivity contribution is 5.90. The van der Waals surface area contributed by atoms with Gasteiger partial charge in [-0.05, 0) is 33.6 Å². The molecule has 17 heavy (non-hydrogen) atoms. The fourth-order valence-corrected chi connectivity index (χ4v) is 0.998. The number of hydrogen-bond donors (Lipinski definition) is 1. The van der Waals surface area contributed by atoms with Gasteiger partial charge in [-0.3, -0.25) is 4.79 Å². The van der Waals surface area contributed by atoms with Crippen LogP contribution in [0.1, 0.15) is 40.0 Å². The van der Waals surface area contributed by atoms with E-state index in [4.69, 9.17) is 10.5 Å². The van der Waals surface area contributed by atoms with E-state index in [1.807, 2.05) is 0 Å². The van der Waals surface area contributed by atoms with E-state index in [2.05, 4.69) is 9.73 Å². The maximum atomic E-state index is 11.2. The number of aliphatic imine (C=N–C) groups is 1. The van der Waals surface area contributed by atoms with Crippen molar-refractivity contribution in [1.82, 2.24) is 0 Å². The number of carbonyl (C=O) groups is 2. The Balaban J connectivity index is 3.84. The first-order chi connectivity index (χ1) is 7.85. The van der Waals surface area contributed by atoms with Crippen LogP contribution < -0.4 is 5.73 Å². The third kappa shape index (κ3) is 10.7. The van der Waals surface area contributed by atoms with Gasteiger partial charge in [-0.1, -0.05) is 0 Å². The van der Waals surface area contributed by atoms with Crippen molar-refractivity contribution >= 4 is 18.4 Å². The molecule has 2 N–H and O–H groups in total. The van der Waals surface area contributed by atoms with Crippen LogP contribution in [0.2, 0.25) is 0 Å². The minimum atomic E-state index is -0.681. The summed E-state index contributed by atoms with van der Waals surface area (Å²) in [6, 6.07) is 0. The molecule has 0 spiro atoms. The smallest absolute Gasteiger partial charge is 0.435 e. The lowest BCUT2D eigenvalue weighted by Gasteiger charge is -2.17. The number of nitrogens with zero attached hydrogens (tertiary/aromatic N) is 1. The van der Waals surface area contributed by atoms with E-state index in [9.17, 15) is 9.59 Å². The molecule has 0 aliphatic heterocycles. The second-order valence-corrected chi connectivity index (χ2v) is 4.51. The zero-order chi connectivity index (χ0) is 13.3. The van der Waals surface area contributed by atoms with Crippen LogP contribution in [0.4, 0.5) is 4.79 Å². The Hall–Kier alpha value is -1.59. The second kappa shape index (κ2) is 7.65. The molecule has 0 aliphatic rings. The summed E-state index contributed by atoms with van der Waals surface area (Å²) >= 11 is 0. The molecule has 0 heterocycles. The number of amides is 1. The molecule has 0 radical (unpaired) electrons. The Morgan fingerprint density at radius 3 is 2.53 bits per heavy atom. The van der Waals surface area contributed by atoms with Gasteiger partial charge in [-0.2, -0.15) is 4.99 Å². The van der Waals surface area contributed by atoms with Crippen molar-refractivity contribution in [2.45, 2.75) is 45.6 Å².